The molecule has 1 aromatic rings. The highest BCUT2D eigenvalue weighted by Gasteiger charge is 2.19. The maximum atomic E-state index is 12.0. The van der Waals surface area contributed by atoms with Gasteiger partial charge in [0.15, 0.2) is 0 Å². The fourth-order valence-corrected chi connectivity index (χ4v) is 2.84. The minimum atomic E-state index is -0.603. The molecule has 0 aromatic heterocycles. The van der Waals surface area contributed by atoms with E-state index in [1.807, 2.05) is 6.07 Å². The highest BCUT2D eigenvalue weighted by atomic mass is 16.3. The second-order valence-corrected chi connectivity index (χ2v) is 5.89. The average molecular weight is 330 g/mol. The molecule has 6 heteroatoms. The van der Waals surface area contributed by atoms with E-state index in [-0.39, 0.29) is 12.5 Å². The molecule has 0 fully saturated rings. The Morgan fingerprint density at radius 1 is 1.42 bits per heavy atom. The monoisotopic (exact) mass is 330 g/mol. The van der Waals surface area contributed by atoms with Gasteiger partial charge in [-0.25, -0.2) is 0 Å². The summed E-state index contributed by atoms with van der Waals surface area (Å²) in [6, 6.07) is 8.40. The molecule has 24 heavy (non-hydrogen) atoms. The Morgan fingerprint density at radius 3 is 2.88 bits per heavy atom. The topological polar surface area (TPSA) is 77.0 Å². The number of rotatable bonds is 7. The lowest BCUT2D eigenvalue weighted by molar-refractivity contribution is -0.117. The van der Waals surface area contributed by atoms with Gasteiger partial charge in [0.05, 0.1) is 11.7 Å². The normalized spacial score (nSPS) is 16.7. The molecule has 1 amide bonds. The third-order valence-corrected chi connectivity index (χ3v) is 4.01. The zero-order valence-corrected chi connectivity index (χ0v) is 14.3. The lowest BCUT2D eigenvalue weighted by Crippen LogP contribution is -2.42. The number of carbonyl (C=O) groups is 1. The van der Waals surface area contributed by atoms with Gasteiger partial charge in [-0.1, -0.05) is 24.3 Å². The summed E-state index contributed by atoms with van der Waals surface area (Å²) in [5, 5.41) is 15.8. The Bertz CT molecular complexity index is 613. The van der Waals surface area contributed by atoms with Crippen LogP contribution in [-0.4, -0.2) is 62.0 Å². The van der Waals surface area contributed by atoms with Gasteiger partial charge < -0.3 is 15.7 Å². The van der Waals surface area contributed by atoms with E-state index < -0.39 is 6.10 Å². The SMILES string of the molecule is C/N=C\C(=C/NC)C(=O)NC[C@@H](O)CN1CCc2ccccc2C1. The first-order valence-electron chi connectivity index (χ1n) is 8.19. The Kier molecular flexibility index (Phi) is 6.96. The maximum absolute atomic E-state index is 12.0. The van der Waals surface area contributed by atoms with Crippen molar-refractivity contribution < 1.29 is 9.90 Å². The predicted octanol–water partition coefficient (Wildman–Crippen LogP) is 0.326. The Balaban J connectivity index is 1.80. The van der Waals surface area contributed by atoms with E-state index in [1.54, 1.807) is 20.3 Å². The van der Waals surface area contributed by atoms with E-state index in [4.69, 9.17) is 0 Å². The van der Waals surface area contributed by atoms with Crippen LogP contribution >= 0.6 is 0 Å². The molecule has 130 valence electrons. The van der Waals surface area contributed by atoms with Crippen molar-refractivity contribution in [1.29, 1.82) is 0 Å². The summed E-state index contributed by atoms with van der Waals surface area (Å²) in [6.45, 7) is 2.53. The van der Waals surface area contributed by atoms with Crippen molar-refractivity contribution in [3.63, 3.8) is 0 Å². The van der Waals surface area contributed by atoms with Gasteiger partial charge in [0.1, 0.15) is 0 Å². The van der Waals surface area contributed by atoms with Crippen molar-refractivity contribution in [1.82, 2.24) is 15.5 Å². The number of fused-ring (bicyclic) bond motifs is 1. The fourth-order valence-electron chi connectivity index (χ4n) is 2.84. The second kappa shape index (κ2) is 9.20. The van der Waals surface area contributed by atoms with Crippen LogP contribution in [0.4, 0.5) is 0 Å². The van der Waals surface area contributed by atoms with Crippen molar-refractivity contribution in [2.45, 2.75) is 19.1 Å². The predicted molar refractivity (Wildman–Crippen MR) is 96.0 cm³/mol. The number of benzene rings is 1. The Labute approximate surface area is 143 Å². The molecule has 0 unspecified atom stereocenters. The van der Waals surface area contributed by atoms with Crippen molar-refractivity contribution in [2.75, 3.05) is 33.7 Å². The molecule has 0 saturated heterocycles. The maximum Gasteiger partial charge on any atom is 0.254 e. The van der Waals surface area contributed by atoms with Crippen LogP contribution in [0.2, 0.25) is 0 Å². The zero-order chi connectivity index (χ0) is 17.4. The van der Waals surface area contributed by atoms with Crippen LogP contribution in [0.3, 0.4) is 0 Å². The van der Waals surface area contributed by atoms with Crippen LogP contribution in [0.25, 0.3) is 0 Å². The van der Waals surface area contributed by atoms with Crippen LogP contribution in [0.1, 0.15) is 11.1 Å². The van der Waals surface area contributed by atoms with Gasteiger partial charge in [0.25, 0.3) is 5.91 Å². The number of hydrogen-bond donors (Lipinski definition) is 3. The molecule has 2 rings (SSSR count). The molecule has 1 heterocycles. The quantitative estimate of drug-likeness (QED) is 0.497. The molecule has 1 aliphatic rings. The average Bonchev–Trinajstić information content (AvgIpc) is 2.59. The van der Waals surface area contributed by atoms with Gasteiger partial charge in [0.2, 0.25) is 0 Å². The van der Waals surface area contributed by atoms with Crippen LogP contribution in [0.5, 0.6) is 0 Å². The Morgan fingerprint density at radius 2 is 2.17 bits per heavy atom. The summed E-state index contributed by atoms with van der Waals surface area (Å²) >= 11 is 0. The number of aliphatic imine (C=N–C) groups is 1. The van der Waals surface area contributed by atoms with Gasteiger partial charge in [0, 0.05) is 52.7 Å². The standard InChI is InChI=1S/C18H26N4O2/c1-19-9-16(10-20-2)18(24)21-11-17(23)13-22-8-7-14-5-3-4-6-15(14)12-22/h3-6,9-10,17,19,23H,7-8,11-13H2,1-2H3,(H,21,24)/b16-9+,20-10-/t17-/m1/s1. The van der Waals surface area contributed by atoms with Gasteiger partial charge in [-0.05, 0) is 17.5 Å². The van der Waals surface area contributed by atoms with Gasteiger partial charge in [-0.3, -0.25) is 14.7 Å². The van der Waals surface area contributed by atoms with Crippen LogP contribution < -0.4 is 10.6 Å². The number of hydrogen-bond acceptors (Lipinski definition) is 5. The summed E-state index contributed by atoms with van der Waals surface area (Å²) in [6.07, 6.45) is 3.46. The lowest BCUT2D eigenvalue weighted by Gasteiger charge is -2.30. The van der Waals surface area contributed by atoms with E-state index in [0.29, 0.717) is 12.1 Å². The highest BCUT2D eigenvalue weighted by molar-refractivity contribution is 6.12. The smallest absolute Gasteiger partial charge is 0.254 e. The van der Waals surface area contributed by atoms with Gasteiger partial charge >= 0.3 is 0 Å². The Hall–Kier alpha value is -2.18. The minimum Gasteiger partial charge on any atom is -0.393 e. The van der Waals surface area contributed by atoms with Gasteiger partial charge in [-0.2, -0.15) is 0 Å². The summed E-state index contributed by atoms with van der Waals surface area (Å²) in [5.74, 6) is -0.252. The van der Waals surface area contributed by atoms with E-state index in [1.165, 1.54) is 17.3 Å². The first-order chi connectivity index (χ1) is 11.6. The molecule has 0 saturated carbocycles. The van der Waals surface area contributed by atoms with Crippen molar-refractivity contribution in [3.05, 3.63) is 47.2 Å². The fraction of sp³-hybridized carbons (Fsp3) is 0.444. The zero-order valence-electron chi connectivity index (χ0n) is 14.3. The summed E-state index contributed by atoms with van der Waals surface area (Å²) in [5.41, 5.74) is 3.13. The van der Waals surface area contributed by atoms with Crippen molar-refractivity contribution >= 4 is 12.1 Å². The highest BCUT2D eigenvalue weighted by Crippen LogP contribution is 2.18. The number of aliphatic hydroxyl groups excluding tert-OH is 1. The lowest BCUT2D eigenvalue weighted by atomic mass is 10.00. The van der Waals surface area contributed by atoms with Gasteiger partial charge in [-0.15, -0.1) is 0 Å². The number of aliphatic hydroxyl groups is 1. The molecule has 6 nitrogen and oxygen atoms in total. The summed E-state index contributed by atoms with van der Waals surface area (Å²) < 4.78 is 0. The largest absolute Gasteiger partial charge is 0.393 e. The number of nitrogens with zero attached hydrogens (tertiary/aromatic N) is 2. The van der Waals surface area contributed by atoms with Crippen molar-refractivity contribution in [2.24, 2.45) is 4.99 Å². The third kappa shape index (κ3) is 5.18. The second-order valence-electron chi connectivity index (χ2n) is 5.89. The summed E-state index contributed by atoms with van der Waals surface area (Å²) in [7, 11) is 3.33. The van der Waals surface area contributed by atoms with E-state index in [9.17, 15) is 9.90 Å². The molecule has 3 N–H and O–H groups in total. The molecule has 0 spiro atoms. The number of carbonyl (C=O) groups excluding carboxylic acids is 1. The van der Waals surface area contributed by atoms with Crippen LogP contribution in [0, 0.1) is 0 Å². The molecule has 0 aliphatic carbocycles. The molecule has 1 aromatic carbocycles. The molecular weight excluding hydrogens is 304 g/mol. The number of β-amino-alcohol motifs (C(OH)–C–C–N with tert-alkyl or cyclic N) is 1. The van der Waals surface area contributed by atoms with Crippen LogP contribution in [-0.2, 0) is 17.8 Å². The number of nitrogens with one attached hydrogen (secondary N) is 2. The minimum absolute atomic E-state index is 0.218. The molecule has 0 radical (unpaired) electrons. The first kappa shape index (κ1) is 18.2. The van der Waals surface area contributed by atoms with E-state index in [0.717, 1.165) is 19.5 Å². The molecular formula is C18H26N4O2. The van der Waals surface area contributed by atoms with E-state index >= 15 is 0 Å². The van der Waals surface area contributed by atoms with E-state index in [2.05, 4.69) is 38.7 Å². The molecule has 0 bridgehead atoms. The molecule has 1 aliphatic heterocycles. The number of amides is 1. The summed E-state index contributed by atoms with van der Waals surface area (Å²) in [4.78, 5) is 18.1. The molecule has 1 atom stereocenters. The first-order valence-corrected chi connectivity index (χ1v) is 8.19. The van der Waals surface area contributed by atoms with Crippen LogP contribution in [0.15, 0.2) is 41.0 Å². The third-order valence-electron chi connectivity index (χ3n) is 4.01. The van der Waals surface area contributed by atoms with Crippen molar-refractivity contribution in [3.8, 4) is 0 Å².